The molecule has 0 spiro atoms. The number of nitrogens with zero attached hydrogens (tertiary/aromatic N) is 4. The fourth-order valence-corrected chi connectivity index (χ4v) is 1.29. The van der Waals surface area contributed by atoms with Crippen LogP contribution in [0.1, 0.15) is 0 Å². The molecule has 0 bridgehead atoms. The van der Waals surface area contributed by atoms with Crippen molar-refractivity contribution in [3.8, 4) is 0 Å². The number of hydrazine groups is 2. The van der Waals surface area contributed by atoms with Gasteiger partial charge in [0, 0.05) is 26.5 Å². The van der Waals surface area contributed by atoms with Gasteiger partial charge in [0.1, 0.15) is 0 Å². The molecular formula is C8H11N7O. The van der Waals surface area contributed by atoms with Crippen LogP contribution < -0.4 is 21.5 Å². The molecule has 0 saturated heterocycles. The van der Waals surface area contributed by atoms with E-state index in [2.05, 4.69) is 30.8 Å². The molecule has 2 rings (SSSR count). The number of anilines is 1. The molecule has 0 aromatic carbocycles. The number of H-pyrrole nitrogens is 1. The van der Waals surface area contributed by atoms with Crippen LogP contribution in [0.15, 0.2) is 17.2 Å². The maximum absolute atomic E-state index is 11.7. The van der Waals surface area contributed by atoms with Crippen molar-refractivity contribution in [2.24, 2.45) is 0 Å². The zero-order chi connectivity index (χ0) is 11.5. The van der Waals surface area contributed by atoms with Gasteiger partial charge in [0.05, 0.1) is 0 Å². The summed E-state index contributed by atoms with van der Waals surface area (Å²) in [7, 11) is 3.38. The van der Waals surface area contributed by atoms with E-state index in [4.69, 9.17) is 0 Å². The highest BCUT2D eigenvalue weighted by Crippen LogP contribution is 2.03. The monoisotopic (exact) mass is 221 g/mol. The Morgan fingerprint density at radius 3 is 2.62 bits per heavy atom. The van der Waals surface area contributed by atoms with Crippen molar-refractivity contribution in [1.82, 2.24) is 30.8 Å². The molecule has 3 N–H and O–H groups in total. The number of rotatable bonds is 3. The van der Waals surface area contributed by atoms with Gasteiger partial charge in [-0.3, -0.25) is 9.78 Å². The van der Waals surface area contributed by atoms with Crippen molar-refractivity contribution in [2.45, 2.75) is 0 Å². The summed E-state index contributed by atoms with van der Waals surface area (Å²) >= 11 is 0. The minimum Gasteiger partial charge on any atom is -0.288 e. The molecule has 16 heavy (non-hydrogen) atoms. The summed E-state index contributed by atoms with van der Waals surface area (Å²) in [4.78, 5) is 26.3. The molecule has 2 aromatic rings. The van der Waals surface area contributed by atoms with Gasteiger partial charge < -0.3 is 0 Å². The van der Waals surface area contributed by atoms with E-state index < -0.39 is 0 Å². The molecule has 0 atom stereocenters. The third-order valence-corrected chi connectivity index (χ3v) is 1.99. The van der Waals surface area contributed by atoms with Crippen LogP contribution in [-0.2, 0) is 0 Å². The first-order valence-corrected chi connectivity index (χ1v) is 4.62. The van der Waals surface area contributed by atoms with E-state index >= 15 is 0 Å². The molecule has 0 fully saturated rings. The summed E-state index contributed by atoms with van der Waals surface area (Å²) in [6.45, 7) is 0. The molecule has 8 nitrogen and oxygen atoms in total. The van der Waals surface area contributed by atoms with Gasteiger partial charge in [-0.15, -0.1) is 0 Å². The standard InChI is InChI=1S/C8H11N7O/c1-9-15(10-2)8-13-6-5(7(16)14-8)11-3-4-12-6/h3-4,9-10H,1-2H3,(H,12,13,14,16). The summed E-state index contributed by atoms with van der Waals surface area (Å²) in [5.41, 5.74) is 5.80. The average molecular weight is 221 g/mol. The predicted octanol–water partition coefficient (Wildman–Crippen LogP) is -1.21. The van der Waals surface area contributed by atoms with E-state index in [1.54, 1.807) is 14.1 Å². The molecule has 0 amide bonds. The Bertz CT molecular complexity index is 547. The second-order valence-corrected chi connectivity index (χ2v) is 2.90. The number of aromatic nitrogens is 4. The molecule has 0 radical (unpaired) electrons. The van der Waals surface area contributed by atoms with E-state index in [-0.39, 0.29) is 11.1 Å². The lowest BCUT2D eigenvalue weighted by molar-refractivity contribution is 0.603. The van der Waals surface area contributed by atoms with Crippen molar-refractivity contribution in [3.05, 3.63) is 22.7 Å². The number of aromatic amines is 1. The number of nitrogens with one attached hydrogen (secondary N) is 3. The van der Waals surface area contributed by atoms with Crippen LogP contribution >= 0.6 is 0 Å². The lowest BCUT2D eigenvalue weighted by Crippen LogP contribution is -2.46. The van der Waals surface area contributed by atoms with E-state index in [0.29, 0.717) is 11.6 Å². The minimum atomic E-state index is -0.330. The first-order chi connectivity index (χ1) is 7.76. The molecule has 2 heterocycles. The van der Waals surface area contributed by atoms with Gasteiger partial charge in [-0.05, 0) is 0 Å². The van der Waals surface area contributed by atoms with Gasteiger partial charge in [0.15, 0.2) is 11.2 Å². The first-order valence-electron chi connectivity index (χ1n) is 4.62. The Morgan fingerprint density at radius 1 is 1.25 bits per heavy atom. The largest absolute Gasteiger partial charge is 0.288 e. The lowest BCUT2D eigenvalue weighted by Gasteiger charge is -2.19. The summed E-state index contributed by atoms with van der Waals surface area (Å²) in [6, 6.07) is 0. The fourth-order valence-electron chi connectivity index (χ4n) is 1.29. The highest BCUT2D eigenvalue weighted by Gasteiger charge is 2.09. The Balaban J connectivity index is 2.62. The minimum absolute atomic E-state index is 0.221. The Morgan fingerprint density at radius 2 is 1.94 bits per heavy atom. The van der Waals surface area contributed by atoms with Crippen molar-refractivity contribution in [1.29, 1.82) is 0 Å². The van der Waals surface area contributed by atoms with E-state index in [1.807, 2.05) is 0 Å². The lowest BCUT2D eigenvalue weighted by atomic mass is 10.5. The van der Waals surface area contributed by atoms with Crippen LogP contribution in [0.25, 0.3) is 11.2 Å². The van der Waals surface area contributed by atoms with Crippen molar-refractivity contribution >= 4 is 17.1 Å². The number of hydrogen-bond donors (Lipinski definition) is 3. The maximum Gasteiger partial charge on any atom is 0.280 e. The van der Waals surface area contributed by atoms with Gasteiger partial charge in [0.25, 0.3) is 5.56 Å². The van der Waals surface area contributed by atoms with Gasteiger partial charge in [-0.1, -0.05) is 0 Å². The SMILES string of the molecule is CNN(NC)c1nc2nccnc2c(=O)[nH]1. The number of fused-ring (bicyclic) bond motifs is 1. The quantitative estimate of drug-likeness (QED) is 0.559. The zero-order valence-corrected chi connectivity index (χ0v) is 8.85. The molecule has 84 valence electrons. The van der Waals surface area contributed by atoms with E-state index in [9.17, 15) is 4.79 Å². The average Bonchev–Trinajstić information content (AvgIpc) is 2.31. The third kappa shape index (κ3) is 1.71. The third-order valence-electron chi connectivity index (χ3n) is 1.99. The van der Waals surface area contributed by atoms with Gasteiger partial charge >= 0.3 is 0 Å². The van der Waals surface area contributed by atoms with Crippen molar-refractivity contribution in [3.63, 3.8) is 0 Å². The molecule has 0 unspecified atom stereocenters. The van der Waals surface area contributed by atoms with Crippen LogP contribution in [0.4, 0.5) is 5.95 Å². The predicted molar refractivity (Wildman–Crippen MR) is 58.6 cm³/mol. The van der Waals surface area contributed by atoms with Crippen LogP contribution in [0.2, 0.25) is 0 Å². The highest BCUT2D eigenvalue weighted by molar-refractivity contribution is 5.68. The highest BCUT2D eigenvalue weighted by atomic mass is 16.1. The molecule has 2 aromatic heterocycles. The topological polar surface area (TPSA) is 98.8 Å². The summed E-state index contributed by atoms with van der Waals surface area (Å²) in [5.74, 6) is 0.322. The molecule has 0 aliphatic heterocycles. The number of hydrogen-bond acceptors (Lipinski definition) is 7. The molecule has 0 aliphatic carbocycles. The Hall–Kier alpha value is -2.06. The summed E-state index contributed by atoms with van der Waals surface area (Å²) < 4.78 is 0. The second-order valence-electron chi connectivity index (χ2n) is 2.90. The smallest absolute Gasteiger partial charge is 0.280 e. The zero-order valence-electron chi connectivity index (χ0n) is 8.85. The van der Waals surface area contributed by atoms with Gasteiger partial charge in [-0.2, -0.15) is 4.98 Å². The van der Waals surface area contributed by atoms with Gasteiger partial charge in [-0.25, -0.2) is 25.9 Å². The molecule has 8 heteroatoms. The Labute approximate surface area is 90.7 Å². The molecular weight excluding hydrogens is 210 g/mol. The molecule has 0 aliphatic rings. The van der Waals surface area contributed by atoms with Crippen molar-refractivity contribution in [2.75, 3.05) is 19.2 Å². The normalized spacial score (nSPS) is 10.6. The van der Waals surface area contributed by atoms with Gasteiger partial charge in [0.2, 0.25) is 5.95 Å². The fraction of sp³-hybridized carbons (Fsp3) is 0.250. The van der Waals surface area contributed by atoms with E-state index in [0.717, 1.165) is 0 Å². The second kappa shape index (κ2) is 4.21. The van der Waals surface area contributed by atoms with Crippen molar-refractivity contribution < 1.29 is 0 Å². The Kier molecular flexibility index (Phi) is 2.75. The summed E-state index contributed by atoms with van der Waals surface area (Å²) in [6.07, 6.45) is 2.94. The first kappa shape index (κ1) is 10.5. The summed E-state index contributed by atoms with van der Waals surface area (Å²) in [5, 5.41) is 1.45. The van der Waals surface area contributed by atoms with Crippen LogP contribution in [0, 0.1) is 0 Å². The van der Waals surface area contributed by atoms with E-state index in [1.165, 1.54) is 17.5 Å². The van der Waals surface area contributed by atoms with Crippen LogP contribution in [-0.4, -0.2) is 34.0 Å². The van der Waals surface area contributed by atoms with Crippen LogP contribution in [0.5, 0.6) is 0 Å². The molecule has 0 saturated carbocycles. The van der Waals surface area contributed by atoms with Crippen LogP contribution in [0.3, 0.4) is 0 Å². The maximum atomic E-state index is 11.7.